The van der Waals surface area contributed by atoms with Crippen LogP contribution in [-0.2, 0) is 16.1 Å². The number of ether oxygens (including phenoxy) is 1. The van der Waals surface area contributed by atoms with Crippen molar-refractivity contribution in [2.75, 3.05) is 0 Å². The molecule has 0 aromatic heterocycles. The summed E-state index contributed by atoms with van der Waals surface area (Å²) < 4.78 is 5.23. The van der Waals surface area contributed by atoms with Crippen LogP contribution in [0.2, 0.25) is 0 Å². The molecular weight excluding hydrogens is 286 g/mol. The van der Waals surface area contributed by atoms with E-state index >= 15 is 0 Å². The maximum Gasteiger partial charge on any atom is 0.234 e. The molecule has 0 saturated carbocycles. The van der Waals surface area contributed by atoms with E-state index in [-0.39, 0.29) is 11.7 Å². The van der Waals surface area contributed by atoms with Crippen LogP contribution in [0.25, 0.3) is 0 Å². The van der Waals surface area contributed by atoms with Gasteiger partial charge in [-0.15, -0.1) is 0 Å². The van der Waals surface area contributed by atoms with Crippen molar-refractivity contribution in [1.29, 1.82) is 5.26 Å². The van der Waals surface area contributed by atoms with Gasteiger partial charge in [-0.3, -0.25) is 4.79 Å². The summed E-state index contributed by atoms with van der Waals surface area (Å²) in [4.78, 5) is 10.7. The van der Waals surface area contributed by atoms with E-state index in [2.05, 4.69) is 6.58 Å². The van der Waals surface area contributed by atoms with Gasteiger partial charge in [-0.25, -0.2) is 0 Å². The number of carbonyl (C=O) groups excluding carboxylic acids is 1. The van der Waals surface area contributed by atoms with Gasteiger partial charge in [-0.2, -0.15) is 5.26 Å². The molecule has 1 unspecified atom stereocenters. The molecule has 0 aliphatic carbocycles. The monoisotopic (exact) mass is 317 g/mol. The molecule has 1 rings (SSSR count). The van der Waals surface area contributed by atoms with E-state index in [1.165, 1.54) is 5.56 Å². The highest BCUT2D eigenvalue weighted by atomic mass is 16.5. The van der Waals surface area contributed by atoms with Crippen LogP contribution >= 0.6 is 0 Å². The van der Waals surface area contributed by atoms with Gasteiger partial charge >= 0.3 is 0 Å². The van der Waals surface area contributed by atoms with Crippen molar-refractivity contribution in [2.24, 2.45) is 11.8 Å². The lowest BCUT2D eigenvalue weighted by molar-refractivity contribution is -0.117. The Morgan fingerprint density at radius 3 is 2.13 bits per heavy atom. The number of nitriles is 1. The van der Waals surface area contributed by atoms with Crippen LogP contribution in [0.4, 0.5) is 0 Å². The van der Waals surface area contributed by atoms with Gasteiger partial charge in [0.05, 0.1) is 5.76 Å². The van der Waals surface area contributed by atoms with Crippen molar-refractivity contribution in [3.05, 3.63) is 48.2 Å². The Hall–Kier alpha value is -2.08. The zero-order valence-corrected chi connectivity index (χ0v) is 15.4. The minimum atomic E-state index is -0.297. The highest BCUT2D eigenvalue weighted by Gasteiger charge is 2.12. The van der Waals surface area contributed by atoms with Gasteiger partial charge < -0.3 is 4.74 Å². The van der Waals surface area contributed by atoms with Crippen LogP contribution in [0.3, 0.4) is 0 Å². The topological polar surface area (TPSA) is 50.1 Å². The van der Waals surface area contributed by atoms with Gasteiger partial charge in [0.1, 0.15) is 12.7 Å². The number of ketones is 1. The molecule has 1 aromatic rings. The maximum atomic E-state index is 10.7. The number of rotatable bonds is 6. The molecule has 0 spiro atoms. The van der Waals surface area contributed by atoms with Crippen LogP contribution < -0.4 is 0 Å². The average molecular weight is 317 g/mol. The first-order chi connectivity index (χ1) is 10.9. The molecule has 3 heteroatoms. The Balaban J connectivity index is 0. The van der Waals surface area contributed by atoms with Gasteiger partial charge in [0.15, 0.2) is 0 Å². The third-order valence-corrected chi connectivity index (χ3v) is 2.71. The molecule has 0 radical (unpaired) electrons. The Morgan fingerprint density at radius 2 is 1.74 bits per heavy atom. The predicted octanol–water partition coefficient (Wildman–Crippen LogP) is 5.52. The molecule has 0 bridgehead atoms. The molecule has 0 heterocycles. The van der Waals surface area contributed by atoms with Crippen LogP contribution in [-0.4, -0.2) is 5.78 Å². The largest absolute Gasteiger partial charge is 0.494 e. The van der Waals surface area contributed by atoms with E-state index in [9.17, 15) is 4.79 Å². The van der Waals surface area contributed by atoms with Crippen LogP contribution in [0.1, 0.15) is 53.5 Å². The summed E-state index contributed by atoms with van der Waals surface area (Å²) in [7, 11) is 0. The lowest BCUT2D eigenvalue weighted by Crippen LogP contribution is -2.10. The molecule has 23 heavy (non-hydrogen) atoms. The SMILES string of the molecule is C=C(C)OCc1ccccc1.CC.CC(C)CC(C)C(=O)C#N. The Bertz CT molecular complexity index is 472. The van der Waals surface area contributed by atoms with Crippen molar-refractivity contribution >= 4 is 5.78 Å². The lowest BCUT2D eigenvalue weighted by atomic mass is 9.96. The summed E-state index contributed by atoms with van der Waals surface area (Å²) in [6, 6.07) is 11.7. The fourth-order valence-corrected chi connectivity index (χ4v) is 1.71. The number of allylic oxidation sites excluding steroid dienone is 1. The van der Waals surface area contributed by atoms with E-state index in [4.69, 9.17) is 10.00 Å². The molecule has 1 atom stereocenters. The molecule has 0 saturated heterocycles. The second kappa shape index (κ2) is 14.8. The van der Waals surface area contributed by atoms with E-state index in [0.29, 0.717) is 12.5 Å². The second-order valence-electron chi connectivity index (χ2n) is 5.48. The van der Waals surface area contributed by atoms with Gasteiger partial charge in [-0.1, -0.05) is 71.5 Å². The lowest BCUT2D eigenvalue weighted by Gasteiger charge is -2.07. The van der Waals surface area contributed by atoms with E-state index in [1.54, 1.807) is 13.0 Å². The van der Waals surface area contributed by atoms with Crippen molar-refractivity contribution in [3.63, 3.8) is 0 Å². The Kier molecular flexibility index (Phi) is 15.0. The first-order valence-electron chi connectivity index (χ1n) is 8.13. The molecule has 0 aliphatic rings. The van der Waals surface area contributed by atoms with Gasteiger partial charge in [0.2, 0.25) is 5.78 Å². The van der Waals surface area contributed by atoms with Crippen LogP contribution in [0.5, 0.6) is 0 Å². The Labute approximate surface area is 142 Å². The maximum absolute atomic E-state index is 10.7. The van der Waals surface area contributed by atoms with Crippen LogP contribution in [0.15, 0.2) is 42.7 Å². The normalized spacial score (nSPS) is 10.2. The van der Waals surface area contributed by atoms with E-state index in [0.717, 1.165) is 12.2 Å². The number of hydrogen-bond donors (Lipinski definition) is 0. The summed E-state index contributed by atoms with van der Waals surface area (Å²) in [6.45, 7) is 16.0. The minimum absolute atomic E-state index is 0.0926. The van der Waals surface area contributed by atoms with Gasteiger partial charge in [0.25, 0.3) is 0 Å². The molecule has 3 nitrogen and oxygen atoms in total. The summed E-state index contributed by atoms with van der Waals surface area (Å²) in [6.07, 6.45) is 0.812. The average Bonchev–Trinajstić information content (AvgIpc) is 2.55. The molecule has 0 amide bonds. The number of nitrogens with zero attached hydrogens (tertiary/aromatic N) is 1. The highest BCUT2D eigenvalue weighted by molar-refractivity contribution is 5.94. The van der Waals surface area contributed by atoms with E-state index in [1.807, 2.05) is 65.0 Å². The summed E-state index contributed by atoms with van der Waals surface area (Å²) in [5, 5.41) is 8.22. The standard InChI is InChI=1S/C10H12O.C8H13NO.C2H6/c1-9(2)11-8-10-6-4-3-5-7-10;1-6(2)4-7(3)8(10)5-9;1-2/h3-7H,1,8H2,2H3;6-7H,4H2,1-3H3;1-2H3. The first kappa shape index (κ1) is 23.2. The second-order valence-corrected chi connectivity index (χ2v) is 5.48. The van der Waals surface area contributed by atoms with Gasteiger partial charge in [-0.05, 0) is 24.8 Å². The molecular formula is C20H31NO2. The highest BCUT2D eigenvalue weighted by Crippen LogP contribution is 2.10. The molecule has 128 valence electrons. The van der Waals surface area contributed by atoms with Crippen molar-refractivity contribution in [2.45, 2.75) is 54.6 Å². The third-order valence-electron chi connectivity index (χ3n) is 2.71. The molecule has 1 aromatic carbocycles. The quantitative estimate of drug-likeness (QED) is 0.512. The van der Waals surface area contributed by atoms with Crippen molar-refractivity contribution < 1.29 is 9.53 Å². The predicted molar refractivity (Wildman–Crippen MR) is 96.6 cm³/mol. The Morgan fingerprint density at radius 1 is 1.22 bits per heavy atom. The van der Waals surface area contributed by atoms with Gasteiger partial charge in [0, 0.05) is 5.92 Å². The van der Waals surface area contributed by atoms with Crippen LogP contribution in [0, 0.1) is 23.2 Å². The number of carbonyl (C=O) groups is 1. The van der Waals surface area contributed by atoms with E-state index < -0.39 is 0 Å². The number of Topliss-reactive ketones (excluding diaryl/α,β-unsaturated/α-hetero) is 1. The first-order valence-corrected chi connectivity index (χ1v) is 8.13. The van der Waals surface area contributed by atoms with Crippen molar-refractivity contribution in [3.8, 4) is 6.07 Å². The summed E-state index contributed by atoms with van der Waals surface area (Å²) in [5.74, 6) is 0.861. The zero-order valence-electron chi connectivity index (χ0n) is 15.4. The molecule has 0 fully saturated rings. The number of hydrogen-bond acceptors (Lipinski definition) is 3. The smallest absolute Gasteiger partial charge is 0.234 e. The number of benzene rings is 1. The summed E-state index contributed by atoms with van der Waals surface area (Å²) in [5.41, 5.74) is 1.18. The fraction of sp³-hybridized carbons (Fsp3) is 0.500. The molecule has 0 N–H and O–H groups in total. The zero-order chi connectivity index (χ0) is 18.3. The third kappa shape index (κ3) is 14.6. The fourth-order valence-electron chi connectivity index (χ4n) is 1.71. The summed E-state index contributed by atoms with van der Waals surface area (Å²) >= 11 is 0. The van der Waals surface area contributed by atoms with Crippen molar-refractivity contribution in [1.82, 2.24) is 0 Å². The minimum Gasteiger partial charge on any atom is -0.494 e. The molecule has 0 aliphatic heterocycles.